The zero-order chi connectivity index (χ0) is 11.4. The van der Waals surface area contributed by atoms with Crippen LogP contribution in [0.3, 0.4) is 0 Å². The average molecular weight is 230 g/mol. The van der Waals surface area contributed by atoms with Crippen molar-refractivity contribution in [3.63, 3.8) is 0 Å². The first-order chi connectivity index (χ1) is 7.83. The van der Waals surface area contributed by atoms with E-state index in [0.717, 1.165) is 28.8 Å². The fourth-order valence-corrected chi connectivity index (χ4v) is 2.45. The number of aryl methyl sites for hydroxylation is 1. The zero-order valence-corrected chi connectivity index (χ0v) is 10.1. The Kier molecular flexibility index (Phi) is 3.52. The third-order valence-electron chi connectivity index (χ3n) is 2.53. The molecule has 1 nitrogen and oxygen atoms in total. The monoisotopic (exact) mass is 230 g/mol. The topological polar surface area (TPSA) is 17.1 Å². The number of ketones is 1. The summed E-state index contributed by atoms with van der Waals surface area (Å²) in [4.78, 5) is 13.0. The summed E-state index contributed by atoms with van der Waals surface area (Å²) < 4.78 is 0. The van der Waals surface area contributed by atoms with Gasteiger partial charge in [0.2, 0.25) is 5.78 Å². The van der Waals surface area contributed by atoms with E-state index in [9.17, 15) is 4.79 Å². The summed E-state index contributed by atoms with van der Waals surface area (Å²) in [6.45, 7) is 2.13. The van der Waals surface area contributed by atoms with Gasteiger partial charge in [-0.15, -0.1) is 11.3 Å². The van der Waals surface area contributed by atoms with Crippen LogP contribution in [-0.2, 0) is 6.42 Å². The van der Waals surface area contributed by atoms with E-state index < -0.39 is 0 Å². The number of benzene rings is 1. The Morgan fingerprint density at radius 1 is 1.19 bits per heavy atom. The van der Waals surface area contributed by atoms with Crippen LogP contribution in [0.15, 0.2) is 41.8 Å². The Bertz CT molecular complexity index is 471. The maximum absolute atomic E-state index is 12.2. The minimum atomic E-state index is 0.152. The number of carbonyl (C=O) groups is 1. The molecule has 0 amide bonds. The Labute approximate surface area is 99.8 Å². The van der Waals surface area contributed by atoms with Crippen LogP contribution < -0.4 is 0 Å². The second kappa shape index (κ2) is 5.08. The van der Waals surface area contributed by atoms with Crippen molar-refractivity contribution in [2.75, 3.05) is 0 Å². The third-order valence-corrected chi connectivity index (χ3v) is 3.39. The number of carbonyl (C=O) groups excluding carboxylic acids is 1. The summed E-state index contributed by atoms with van der Waals surface area (Å²) in [5, 5.41) is 1.94. The molecule has 2 heteroatoms. The smallest absolute Gasteiger partial charge is 0.203 e. The van der Waals surface area contributed by atoms with Crippen LogP contribution in [0.1, 0.15) is 34.1 Å². The van der Waals surface area contributed by atoms with Crippen LogP contribution in [0.25, 0.3) is 0 Å². The van der Waals surface area contributed by atoms with Gasteiger partial charge in [-0.1, -0.05) is 43.7 Å². The summed E-state index contributed by atoms with van der Waals surface area (Å²) in [6, 6.07) is 11.7. The van der Waals surface area contributed by atoms with Crippen molar-refractivity contribution < 1.29 is 4.79 Å². The molecule has 0 spiro atoms. The summed E-state index contributed by atoms with van der Waals surface area (Å²) in [7, 11) is 0. The quantitative estimate of drug-likeness (QED) is 0.727. The Hall–Kier alpha value is -1.41. The van der Waals surface area contributed by atoms with Crippen LogP contribution in [0.4, 0.5) is 0 Å². The lowest BCUT2D eigenvalue weighted by Crippen LogP contribution is -2.03. The molecule has 0 unspecified atom stereocenters. The molecule has 2 rings (SSSR count). The highest BCUT2D eigenvalue weighted by atomic mass is 32.1. The second-order valence-electron chi connectivity index (χ2n) is 3.71. The van der Waals surface area contributed by atoms with E-state index in [4.69, 9.17) is 0 Å². The van der Waals surface area contributed by atoms with Crippen LogP contribution >= 0.6 is 11.3 Å². The van der Waals surface area contributed by atoms with Crippen molar-refractivity contribution in [3.8, 4) is 0 Å². The van der Waals surface area contributed by atoms with Gasteiger partial charge in [-0.3, -0.25) is 4.79 Å². The molecule has 0 fully saturated rings. The van der Waals surface area contributed by atoms with Crippen LogP contribution in [0.2, 0.25) is 0 Å². The van der Waals surface area contributed by atoms with E-state index in [2.05, 4.69) is 6.92 Å². The molecule has 0 aliphatic rings. The van der Waals surface area contributed by atoms with E-state index in [1.165, 1.54) is 11.3 Å². The highest BCUT2D eigenvalue weighted by molar-refractivity contribution is 7.12. The van der Waals surface area contributed by atoms with Crippen molar-refractivity contribution in [2.24, 2.45) is 0 Å². The molecule has 0 aliphatic carbocycles. The van der Waals surface area contributed by atoms with Crippen molar-refractivity contribution in [3.05, 3.63) is 57.8 Å². The molecule has 0 radical (unpaired) electrons. The Balaban J connectivity index is 2.36. The molecule has 0 saturated heterocycles. The van der Waals surface area contributed by atoms with Gasteiger partial charge < -0.3 is 0 Å². The third kappa shape index (κ3) is 2.22. The van der Waals surface area contributed by atoms with Crippen LogP contribution in [-0.4, -0.2) is 5.78 Å². The molecule has 0 bridgehead atoms. The van der Waals surface area contributed by atoms with Crippen LogP contribution in [0, 0.1) is 0 Å². The molecule has 0 N–H and O–H groups in total. The number of rotatable bonds is 4. The molecule has 0 saturated carbocycles. The molecule has 1 aromatic carbocycles. The van der Waals surface area contributed by atoms with Gasteiger partial charge in [0.05, 0.1) is 4.88 Å². The van der Waals surface area contributed by atoms with E-state index in [0.29, 0.717) is 0 Å². The minimum absolute atomic E-state index is 0.152. The van der Waals surface area contributed by atoms with E-state index in [1.807, 2.05) is 41.8 Å². The highest BCUT2D eigenvalue weighted by Crippen LogP contribution is 2.19. The number of hydrogen-bond acceptors (Lipinski definition) is 2. The molecule has 0 aliphatic heterocycles. The Morgan fingerprint density at radius 2 is 2.00 bits per heavy atom. The lowest BCUT2D eigenvalue weighted by Gasteiger charge is -2.05. The van der Waals surface area contributed by atoms with Crippen molar-refractivity contribution in [2.45, 2.75) is 19.8 Å². The first kappa shape index (κ1) is 11.1. The van der Waals surface area contributed by atoms with Gasteiger partial charge in [0.25, 0.3) is 0 Å². The molecule has 0 atom stereocenters. The predicted molar refractivity (Wildman–Crippen MR) is 68.2 cm³/mol. The largest absolute Gasteiger partial charge is 0.288 e. The van der Waals surface area contributed by atoms with E-state index >= 15 is 0 Å². The lowest BCUT2D eigenvalue weighted by molar-refractivity contribution is 0.104. The molecule has 2 aromatic rings. The van der Waals surface area contributed by atoms with Crippen molar-refractivity contribution in [1.29, 1.82) is 0 Å². The predicted octanol–water partition coefficient (Wildman–Crippen LogP) is 3.93. The maximum Gasteiger partial charge on any atom is 0.203 e. The number of hydrogen-bond donors (Lipinski definition) is 0. The molecule has 1 heterocycles. The zero-order valence-electron chi connectivity index (χ0n) is 9.27. The highest BCUT2D eigenvalue weighted by Gasteiger charge is 2.12. The fraction of sp³-hybridized carbons (Fsp3) is 0.214. The first-order valence-corrected chi connectivity index (χ1v) is 6.37. The van der Waals surface area contributed by atoms with Gasteiger partial charge in [-0.2, -0.15) is 0 Å². The normalized spacial score (nSPS) is 10.3. The Morgan fingerprint density at radius 3 is 2.69 bits per heavy atom. The van der Waals surface area contributed by atoms with E-state index in [-0.39, 0.29) is 5.78 Å². The molecule has 1 aromatic heterocycles. The second-order valence-corrected chi connectivity index (χ2v) is 4.66. The van der Waals surface area contributed by atoms with Gasteiger partial charge in [0.1, 0.15) is 0 Å². The fourth-order valence-electron chi connectivity index (χ4n) is 1.77. The van der Waals surface area contributed by atoms with Crippen molar-refractivity contribution >= 4 is 17.1 Å². The SMILES string of the molecule is CCCc1ccccc1C(=O)c1cccs1. The minimum Gasteiger partial charge on any atom is -0.288 e. The molecular weight excluding hydrogens is 216 g/mol. The average Bonchev–Trinajstić information content (AvgIpc) is 2.83. The molecule has 82 valence electrons. The van der Waals surface area contributed by atoms with Gasteiger partial charge in [0.15, 0.2) is 0 Å². The summed E-state index contributed by atoms with van der Waals surface area (Å²) in [5.41, 5.74) is 2.01. The summed E-state index contributed by atoms with van der Waals surface area (Å²) in [5.74, 6) is 0.152. The summed E-state index contributed by atoms with van der Waals surface area (Å²) >= 11 is 1.50. The van der Waals surface area contributed by atoms with Crippen LogP contribution in [0.5, 0.6) is 0 Å². The van der Waals surface area contributed by atoms with Gasteiger partial charge in [-0.25, -0.2) is 0 Å². The lowest BCUT2D eigenvalue weighted by atomic mass is 9.99. The summed E-state index contributed by atoms with van der Waals surface area (Å²) in [6.07, 6.45) is 2.03. The first-order valence-electron chi connectivity index (χ1n) is 5.49. The van der Waals surface area contributed by atoms with Gasteiger partial charge >= 0.3 is 0 Å². The van der Waals surface area contributed by atoms with E-state index in [1.54, 1.807) is 0 Å². The van der Waals surface area contributed by atoms with Gasteiger partial charge in [-0.05, 0) is 23.4 Å². The number of thiophene rings is 1. The molecular formula is C14H14OS. The maximum atomic E-state index is 12.2. The standard InChI is InChI=1S/C14H14OS/c1-2-6-11-7-3-4-8-12(11)14(15)13-9-5-10-16-13/h3-5,7-10H,2,6H2,1H3. The molecule has 16 heavy (non-hydrogen) atoms. The van der Waals surface area contributed by atoms with Gasteiger partial charge in [0, 0.05) is 5.56 Å². The van der Waals surface area contributed by atoms with Crippen molar-refractivity contribution in [1.82, 2.24) is 0 Å².